The number of hydrogen-bond donors (Lipinski definition) is 3. The summed E-state index contributed by atoms with van der Waals surface area (Å²) in [6.07, 6.45) is 4.16. The summed E-state index contributed by atoms with van der Waals surface area (Å²) < 4.78 is 0. The molecule has 0 saturated heterocycles. The lowest BCUT2D eigenvalue weighted by atomic mass is 10.1. The molecule has 28 heavy (non-hydrogen) atoms. The summed E-state index contributed by atoms with van der Waals surface area (Å²) in [6.45, 7) is 0.461. The molecule has 0 radical (unpaired) electrons. The first-order valence-corrected chi connectivity index (χ1v) is 9.50. The Kier molecular flexibility index (Phi) is 6.42. The third kappa shape index (κ3) is 5.42. The Morgan fingerprint density at radius 2 is 1.50 bits per heavy atom. The molecule has 3 rings (SSSR count). The minimum Gasteiger partial charge on any atom is -0.481 e. The van der Waals surface area contributed by atoms with Crippen LogP contribution in [-0.4, -0.2) is 22.9 Å². The summed E-state index contributed by atoms with van der Waals surface area (Å²) >= 11 is 0. The molecule has 0 aliphatic heterocycles. The summed E-state index contributed by atoms with van der Waals surface area (Å²) in [7, 11) is 0. The highest BCUT2D eigenvalue weighted by atomic mass is 16.4. The van der Waals surface area contributed by atoms with E-state index < -0.39 is 5.97 Å². The number of carbonyl (C=O) groups excluding carboxylic acids is 2. The molecule has 2 amide bonds. The van der Waals surface area contributed by atoms with Crippen molar-refractivity contribution in [3.63, 3.8) is 0 Å². The number of aliphatic carboxylic acids is 1. The molecule has 146 valence electrons. The zero-order valence-electron chi connectivity index (χ0n) is 15.6. The second-order valence-electron chi connectivity index (χ2n) is 7.12. The Morgan fingerprint density at radius 3 is 2.11 bits per heavy atom. The average molecular weight is 380 g/mol. The van der Waals surface area contributed by atoms with Gasteiger partial charge in [-0.05, 0) is 48.2 Å². The van der Waals surface area contributed by atoms with Crippen molar-refractivity contribution in [2.24, 2.45) is 5.92 Å². The van der Waals surface area contributed by atoms with Gasteiger partial charge >= 0.3 is 5.97 Å². The summed E-state index contributed by atoms with van der Waals surface area (Å²) in [5.74, 6) is -0.874. The van der Waals surface area contributed by atoms with Crippen LogP contribution in [-0.2, 0) is 22.6 Å². The fourth-order valence-corrected chi connectivity index (χ4v) is 3.38. The molecule has 0 atom stereocenters. The summed E-state index contributed by atoms with van der Waals surface area (Å²) in [5.41, 5.74) is 2.74. The van der Waals surface area contributed by atoms with Crippen molar-refractivity contribution in [3.8, 4) is 0 Å². The van der Waals surface area contributed by atoms with Gasteiger partial charge in [-0.1, -0.05) is 37.1 Å². The maximum absolute atomic E-state index is 12.4. The summed E-state index contributed by atoms with van der Waals surface area (Å²) in [4.78, 5) is 35.1. The molecule has 0 aromatic heterocycles. The minimum absolute atomic E-state index is 0.0486. The van der Waals surface area contributed by atoms with Gasteiger partial charge in [-0.3, -0.25) is 14.4 Å². The van der Waals surface area contributed by atoms with Crippen LogP contribution in [0.5, 0.6) is 0 Å². The number of carboxylic acids is 1. The number of nitrogens with one attached hydrogen (secondary N) is 2. The Morgan fingerprint density at radius 1 is 0.893 bits per heavy atom. The fraction of sp³-hybridized carbons (Fsp3) is 0.318. The van der Waals surface area contributed by atoms with E-state index in [9.17, 15) is 14.4 Å². The lowest BCUT2D eigenvalue weighted by Gasteiger charge is -2.11. The average Bonchev–Trinajstić information content (AvgIpc) is 3.22. The molecule has 0 bridgehead atoms. The molecule has 3 N–H and O–H groups in total. The number of anilines is 1. The molecule has 6 nitrogen and oxygen atoms in total. The van der Waals surface area contributed by atoms with E-state index in [0.29, 0.717) is 23.4 Å². The Labute approximate surface area is 164 Å². The molecular weight excluding hydrogens is 356 g/mol. The van der Waals surface area contributed by atoms with Crippen LogP contribution < -0.4 is 10.6 Å². The number of carboxylic acid groups (broad SMARTS) is 1. The van der Waals surface area contributed by atoms with Gasteiger partial charge in [0.2, 0.25) is 5.91 Å². The van der Waals surface area contributed by atoms with Crippen LogP contribution >= 0.6 is 0 Å². The number of amides is 2. The van der Waals surface area contributed by atoms with Crippen LogP contribution in [0.1, 0.15) is 47.2 Å². The van der Waals surface area contributed by atoms with Crippen LogP contribution in [0.15, 0.2) is 48.5 Å². The molecule has 2 aromatic rings. The third-order valence-electron chi connectivity index (χ3n) is 4.98. The molecule has 0 unspecified atom stereocenters. The van der Waals surface area contributed by atoms with Crippen molar-refractivity contribution in [1.82, 2.24) is 5.32 Å². The van der Waals surface area contributed by atoms with Crippen molar-refractivity contribution in [2.75, 3.05) is 5.32 Å². The van der Waals surface area contributed by atoms with Crippen molar-refractivity contribution >= 4 is 23.5 Å². The van der Waals surface area contributed by atoms with Gasteiger partial charge in [0.1, 0.15) is 0 Å². The second kappa shape index (κ2) is 9.17. The molecule has 0 heterocycles. The highest BCUT2D eigenvalue weighted by molar-refractivity contribution is 6.04. The van der Waals surface area contributed by atoms with Crippen LogP contribution in [0.4, 0.5) is 5.69 Å². The number of hydrogen-bond acceptors (Lipinski definition) is 3. The van der Waals surface area contributed by atoms with Gasteiger partial charge in [0.05, 0.1) is 6.42 Å². The molecular formula is C22H24N2O4. The first kappa shape index (κ1) is 19.6. The van der Waals surface area contributed by atoms with Crippen LogP contribution in [0, 0.1) is 5.92 Å². The van der Waals surface area contributed by atoms with Crippen molar-refractivity contribution in [1.29, 1.82) is 0 Å². The van der Waals surface area contributed by atoms with Crippen molar-refractivity contribution in [2.45, 2.75) is 38.6 Å². The zero-order valence-corrected chi connectivity index (χ0v) is 15.6. The molecule has 1 aliphatic carbocycles. The molecule has 1 saturated carbocycles. The smallest absolute Gasteiger partial charge is 0.307 e. The summed E-state index contributed by atoms with van der Waals surface area (Å²) in [5, 5.41) is 14.5. The summed E-state index contributed by atoms with van der Waals surface area (Å²) in [6, 6.07) is 13.8. The number of rotatable bonds is 7. The molecule has 2 aromatic carbocycles. The second-order valence-corrected chi connectivity index (χ2v) is 7.12. The predicted molar refractivity (Wildman–Crippen MR) is 106 cm³/mol. The van der Waals surface area contributed by atoms with Crippen LogP contribution in [0.25, 0.3) is 0 Å². The zero-order chi connectivity index (χ0) is 19.9. The maximum atomic E-state index is 12.4. The van der Waals surface area contributed by atoms with Gasteiger partial charge in [-0.2, -0.15) is 0 Å². The Hall–Kier alpha value is -3.15. The van der Waals surface area contributed by atoms with Gasteiger partial charge in [0.25, 0.3) is 5.91 Å². The van der Waals surface area contributed by atoms with Gasteiger partial charge in [-0.15, -0.1) is 0 Å². The van der Waals surface area contributed by atoms with E-state index in [-0.39, 0.29) is 24.2 Å². The predicted octanol–water partition coefficient (Wildman–Crippen LogP) is 3.37. The van der Waals surface area contributed by atoms with E-state index in [1.807, 2.05) is 12.1 Å². The quantitative estimate of drug-likeness (QED) is 0.686. The molecule has 1 fully saturated rings. The van der Waals surface area contributed by atoms with E-state index in [4.69, 9.17) is 5.11 Å². The van der Waals surface area contributed by atoms with E-state index in [1.165, 1.54) is 0 Å². The third-order valence-corrected chi connectivity index (χ3v) is 4.98. The highest BCUT2D eigenvalue weighted by Crippen LogP contribution is 2.24. The highest BCUT2D eigenvalue weighted by Gasteiger charge is 2.22. The van der Waals surface area contributed by atoms with E-state index >= 15 is 0 Å². The minimum atomic E-state index is -0.892. The standard InChI is InChI=1S/C22H24N2O4/c25-20(26)13-15-7-11-19(12-8-15)24-22(28)18-9-5-16(6-10-18)14-23-21(27)17-3-1-2-4-17/h5-12,17H,1-4,13-14H2,(H,23,27)(H,24,28)(H,25,26). The maximum Gasteiger partial charge on any atom is 0.307 e. The van der Waals surface area contributed by atoms with Crippen molar-refractivity contribution in [3.05, 3.63) is 65.2 Å². The van der Waals surface area contributed by atoms with Crippen LogP contribution in [0.2, 0.25) is 0 Å². The largest absolute Gasteiger partial charge is 0.481 e. The first-order valence-electron chi connectivity index (χ1n) is 9.50. The van der Waals surface area contributed by atoms with Crippen molar-refractivity contribution < 1.29 is 19.5 Å². The topological polar surface area (TPSA) is 95.5 Å². The van der Waals surface area contributed by atoms with Gasteiger partial charge < -0.3 is 15.7 Å². The molecule has 0 spiro atoms. The number of benzene rings is 2. The van der Waals surface area contributed by atoms with E-state index in [0.717, 1.165) is 31.2 Å². The number of carbonyl (C=O) groups is 3. The lowest BCUT2D eigenvalue weighted by Crippen LogP contribution is -2.28. The SMILES string of the molecule is O=C(O)Cc1ccc(NC(=O)c2ccc(CNC(=O)C3CCCC3)cc2)cc1. The Balaban J connectivity index is 1.51. The Bertz CT molecular complexity index is 838. The van der Waals surface area contributed by atoms with Gasteiger partial charge in [0.15, 0.2) is 0 Å². The fourth-order valence-electron chi connectivity index (χ4n) is 3.38. The monoisotopic (exact) mass is 380 g/mol. The van der Waals surface area contributed by atoms with Crippen LogP contribution in [0.3, 0.4) is 0 Å². The van der Waals surface area contributed by atoms with E-state index in [1.54, 1.807) is 36.4 Å². The molecule has 1 aliphatic rings. The molecule has 6 heteroatoms. The normalized spacial score (nSPS) is 13.9. The van der Waals surface area contributed by atoms with Gasteiger partial charge in [-0.25, -0.2) is 0 Å². The van der Waals surface area contributed by atoms with E-state index in [2.05, 4.69) is 10.6 Å². The first-order chi connectivity index (χ1) is 13.5. The van der Waals surface area contributed by atoms with Gasteiger partial charge in [0, 0.05) is 23.7 Å². The lowest BCUT2D eigenvalue weighted by molar-refractivity contribution is -0.136.